The summed E-state index contributed by atoms with van der Waals surface area (Å²) >= 11 is 1.38. The Morgan fingerprint density at radius 2 is 1.68 bits per heavy atom. The van der Waals surface area contributed by atoms with Crippen molar-refractivity contribution >= 4 is 29.8 Å². The zero-order valence-corrected chi connectivity index (χ0v) is 17.7. The lowest BCUT2D eigenvalue weighted by atomic mass is 9.99. The van der Waals surface area contributed by atoms with Crippen molar-refractivity contribution in [2.45, 2.75) is 70.1 Å². The van der Waals surface area contributed by atoms with Gasteiger partial charge in [0.05, 0.1) is 5.25 Å². The molecule has 1 saturated heterocycles. The molecule has 7 heteroatoms. The van der Waals surface area contributed by atoms with Crippen LogP contribution in [0.4, 0.5) is 15.3 Å². The van der Waals surface area contributed by atoms with Crippen molar-refractivity contribution in [3.63, 3.8) is 0 Å². The number of benzene rings is 1. The number of carbonyl (C=O) groups is 2. The fraction of sp³-hybridized carbons (Fsp3) is 0.619. The SMILES string of the molecule is CC(C)(C)OC(=O)N1CC(SNC(=O)Nc2c3c(cc4c2CCC4)CCC3)C1. The molecule has 152 valence electrons. The summed E-state index contributed by atoms with van der Waals surface area (Å²) in [6, 6.07) is 2.19. The second-order valence-corrected chi connectivity index (χ2v) is 10.0. The Bertz CT molecular complexity index is 765. The number of carbonyl (C=O) groups excluding carboxylic acids is 2. The summed E-state index contributed by atoms with van der Waals surface area (Å²) in [6.45, 7) is 6.77. The van der Waals surface area contributed by atoms with Crippen LogP contribution < -0.4 is 10.0 Å². The number of nitrogens with one attached hydrogen (secondary N) is 2. The molecule has 0 radical (unpaired) electrons. The molecule has 1 aliphatic heterocycles. The van der Waals surface area contributed by atoms with Crippen molar-refractivity contribution in [2.24, 2.45) is 0 Å². The van der Waals surface area contributed by atoms with Crippen LogP contribution in [-0.2, 0) is 30.4 Å². The van der Waals surface area contributed by atoms with Crippen LogP contribution in [0.5, 0.6) is 0 Å². The Labute approximate surface area is 170 Å². The standard InChI is InChI=1S/C21H29N3O3S/c1-21(2,3)27-20(26)24-11-15(12-24)28-23-19(25)22-18-16-8-4-6-13(16)10-14-7-5-9-17(14)18/h10,15H,4-9,11-12H2,1-3H3,(H2,22,23,25). The van der Waals surface area contributed by atoms with Crippen LogP contribution in [0.25, 0.3) is 0 Å². The number of anilines is 1. The Hall–Kier alpha value is -1.89. The molecular weight excluding hydrogens is 374 g/mol. The molecule has 0 aromatic heterocycles. The van der Waals surface area contributed by atoms with Crippen molar-refractivity contribution in [1.82, 2.24) is 9.62 Å². The van der Waals surface area contributed by atoms with Crippen molar-refractivity contribution < 1.29 is 14.3 Å². The van der Waals surface area contributed by atoms with Gasteiger partial charge in [0.2, 0.25) is 0 Å². The molecule has 1 fully saturated rings. The Morgan fingerprint density at radius 3 is 2.25 bits per heavy atom. The highest BCUT2D eigenvalue weighted by Crippen LogP contribution is 2.38. The largest absolute Gasteiger partial charge is 0.444 e. The van der Waals surface area contributed by atoms with Gasteiger partial charge in [-0.05, 0) is 93.5 Å². The third-order valence-corrected chi connectivity index (χ3v) is 6.46. The van der Waals surface area contributed by atoms with Crippen molar-refractivity contribution in [1.29, 1.82) is 0 Å². The van der Waals surface area contributed by atoms with Crippen LogP contribution in [0, 0.1) is 0 Å². The van der Waals surface area contributed by atoms with E-state index in [1.54, 1.807) is 4.90 Å². The van der Waals surface area contributed by atoms with E-state index in [2.05, 4.69) is 16.1 Å². The van der Waals surface area contributed by atoms with Crippen molar-refractivity contribution in [3.8, 4) is 0 Å². The number of hydrogen-bond acceptors (Lipinski definition) is 4. The quantitative estimate of drug-likeness (QED) is 0.747. The molecule has 2 aliphatic carbocycles. The van der Waals surface area contributed by atoms with Crippen LogP contribution >= 0.6 is 11.9 Å². The first-order chi connectivity index (χ1) is 13.3. The van der Waals surface area contributed by atoms with Crippen molar-refractivity contribution in [2.75, 3.05) is 18.4 Å². The van der Waals surface area contributed by atoms with Crippen LogP contribution in [0.2, 0.25) is 0 Å². The van der Waals surface area contributed by atoms with Gasteiger partial charge >= 0.3 is 12.1 Å². The molecule has 0 unspecified atom stereocenters. The average molecular weight is 404 g/mol. The molecule has 4 rings (SSSR count). The van der Waals surface area contributed by atoms with Crippen LogP contribution in [-0.4, -0.2) is 41.0 Å². The predicted molar refractivity (Wildman–Crippen MR) is 112 cm³/mol. The molecule has 2 N–H and O–H groups in total. The molecule has 1 aromatic carbocycles. The van der Waals surface area contributed by atoms with Crippen molar-refractivity contribution in [3.05, 3.63) is 28.3 Å². The Balaban J connectivity index is 1.29. The van der Waals surface area contributed by atoms with Crippen LogP contribution in [0.15, 0.2) is 6.07 Å². The van der Waals surface area contributed by atoms with E-state index < -0.39 is 5.60 Å². The molecular formula is C21H29N3O3S. The number of rotatable bonds is 3. The Kier molecular flexibility index (Phi) is 5.21. The van der Waals surface area contributed by atoms with E-state index in [-0.39, 0.29) is 17.4 Å². The Morgan fingerprint density at radius 1 is 1.07 bits per heavy atom. The molecule has 0 spiro atoms. The minimum atomic E-state index is -0.482. The topological polar surface area (TPSA) is 70.7 Å². The maximum Gasteiger partial charge on any atom is 0.410 e. The maximum atomic E-state index is 12.5. The average Bonchev–Trinajstić information content (AvgIpc) is 3.20. The molecule has 1 heterocycles. The molecule has 1 aromatic rings. The van der Waals surface area contributed by atoms with E-state index in [9.17, 15) is 9.59 Å². The first-order valence-electron chi connectivity index (χ1n) is 10.2. The highest BCUT2D eigenvalue weighted by molar-refractivity contribution is 7.98. The zero-order valence-electron chi connectivity index (χ0n) is 16.9. The normalized spacial score (nSPS) is 18.3. The molecule has 3 amide bonds. The second-order valence-electron chi connectivity index (χ2n) is 8.92. The number of aryl methyl sites for hydroxylation is 2. The summed E-state index contributed by atoms with van der Waals surface area (Å²) in [6.07, 6.45) is 6.41. The van der Waals surface area contributed by atoms with E-state index >= 15 is 0 Å². The highest BCUT2D eigenvalue weighted by Gasteiger charge is 2.34. The van der Waals surface area contributed by atoms with E-state index in [0.29, 0.717) is 13.1 Å². The van der Waals surface area contributed by atoms with Gasteiger partial charge in [-0.15, -0.1) is 0 Å². The van der Waals surface area contributed by atoms with Gasteiger partial charge in [-0.25, -0.2) is 9.59 Å². The van der Waals surface area contributed by atoms with Crippen LogP contribution in [0.1, 0.15) is 55.9 Å². The number of likely N-dealkylation sites (tertiary alicyclic amines) is 1. The summed E-state index contributed by atoms with van der Waals surface area (Å²) in [5, 5.41) is 3.33. The van der Waals surface area contributed by atoms with E-state index in [1.807, 2.05) is 20.8 Å². The van der Waals surface area contributed by atoms with Gasteiger partial charge in [0.25, 0.3) is 0 Å². The number of urea groups is 1. The van der Waals surface area contributed by atoms with Gasteiger partial charge in [0.15, 0.2) is 0 Å². The molecule has 0 saturated carbocycles. The van der Waals surface area contributed by atoms with E-state index in [1.165, 1.54) is 47.0 Å². The number of fused-ring (bicyclic) bond motifs is 2. The molecule has 6 nitrogen and oxygen atoms in total. The molecule has 3 aliphatic rings. The predicted octanol–water partition coefficient (Wildman–Crippen LogP) is 4.05. The van der Waals surface area contributed by atoms with Gasteiger partial charge in [-0.2, -0.15) is 0 Å². The number of nitrogens with zero attached hydrogens (tertiary/aromatic N) is 1. The smallest absolute Gasteiger partial charge is 0.410 e. The minimum Gasteiger partial charge on any atom is -0.444 e. The summed E-state index contributed by atoms with van der Waals surface area (Å²) in [5.74, 6) is 0. The number of ether oxygens (including phenoxy) is 1. The zero-order chi connectivity index (χ0) is 19.9. The summed E-state index contributed by atoms with van der Waals surface area (Å²) in [4.78, 5) is 26.2. The van der Waals surface area contributed by atoms with E-state index in [0.717, 1.165) is 31.4 Å². The number of hydrogen-bond donors (Lipinski definition) is 2. The minimum absolute atomic E-state index is 0.171. The van der Waals surface area contributed by atoms with Crippen LogP contribution in [0.3, 0.4) is 0 Å². The monoisotopic (exact) mass is 403 g/mol. The summed E-state index contributed by atoms with van der Waals surface area (Å²) < 4.78 is 8.27. The summed E-state index contributed by atoms with van der Waals surface area (Å²) in [5.41, 5.74) is 6.07. The third-order valence-electron chi connectivity index (χ3n) is 5.53. The fourth-order valence-electron chi connectivity index (χ4n) is 4.23. The van der Waals surface area contributed by atoms with Gasteiger partial charge in [0.1, 0.15) is 5.60 Å². The van der Waals surface area contributed by atoms with E-state index in [4.69, 9.17) is 4.74 Å². The lowest BCUT2D eigenvalue weighted by molar-refractivity contribution is 0.0144. The summed E-state index contributed by atoms with van der Waals surface area (Å²) in [7, 11) is 0. The highest BCUT2D eigenvalue weighted by atomic mass is 32.2. The van der Waals surface area contributed by atoms with Gasteiger partial charge in [-0.3, -0.25) is 4.72 Å². The molecule has 28 heavy (non-hydrogen) atoms. The lowest BCUT2D eigenvalue weighted by Crippen LogP contribution is -2.54. The lowest BCUT2D eigenvalue weighted by Gasteiger charge is -2.38. The maximum absolute atomic E-state index is 12.5. The van der Waals surface area contributed by atoms with Gasteiger partial charge < -0.3 is 15.0 Å². The van der Waals surface area contributed by atoms with Gasteiger partial charge in [0, 0.05) is 18.8 Å². The fourth-order valence-corrected chi connectivity index (χ4v) is 5.06. The molecule has 0 atom stereocenters. The van der Waals surface area contributed by atoms with Gasteiger partial charge in [-0.1, -0.05) is 6.07 Å². The first kappa shape index (κ1) is 19.4. The number of amides is 3. The molecule has 0 bridgehead atoms. The first-order valence-corrected chi connectivity index (χ1v) is 11.1. The third kappa shape index (κ3) is 4.09. The second kappa shape index (κ2) is 7.50.